The van der Waals surface area contributed by atoms with Crippen LogP contribution in [0.15, 0.2) is 0 Å². The molecule has 0 amide bonds. The molecule has 0 N–H and O–H groups in total. The van der Waals surface area contributed by atoms with E-state index in [0.29, 0.717) is 0 Å². The lowest BCUT2D eigenvalue weighted by Gasteiger charge is -2.07. The number of fused-ring (bicyclic) bond motifs is 6. The van der Waals surface area contributed by atoms with Crippen LogP contribution in [0.2, 0.25) is 0 Å². The monoisotopic (exact) mass is 342 g/mol. The van der Waals surface area contributed by atoms with Gasteiger partial charge in [-0.1, -0.05) is 0 Å². The van der Waals surface area contributed by atoms with E-state index in [1.165, 1.54) is 0 Å². The zero-order valence-electron chi connectivity index (χ0n) is 11.0. The predicted octanol–water partition coefficient (Wildman–Crippen LogP) is 2.35. The maximum atomic E-state index is 13.4. The van der Waals surface area contributed by atoms with E-state index in [1.54, 1.807) is 0 Å². The lowest BCUT2D eigenvalue weighted by atomic mass is 10.2. The fourth-order valence-electron chi connectivity index (χ4n) is 2.17. The minimum Gasteiger partial charge on any atom is -0.212 e. The third kappa shape index (κ3) is 1.85. The fourth-order valence-corrected chi connectivity index (χ4v) is 2.17. The van der Waals surface area contributed by atoms with Gasteiger partial charge in [0.15, 0.2) is 0 Å². The van der Waals surface area contributed by atoms with Gasteiger partial charge in [0, 0.05) is 0 Å². The Kier molecular flexibility index (Phi) is 2.80. The molecule has 0 radical (unpaired) electrons. The third-order valence-electron chi connectivity index (χ3n) is 3.12. The normalized spacial score (nSPS) is 11.8. The molecule has 0 atom stereocenters. The first-order chi connectivity index (χ1) is 11.4. The maximum Gasteiger partial charge on any atom is 0.269 e. The Balaban J connectivity index is 2.40. The molecule has 0 spiro atoms. The summed E-state index contributed by atoms with van der Waals surface area (Å²) in [5.41, 5.74) is -3.40. The average molecular weight is 342 g/mol. The molecule has 6 nitrogen and oxygen atoms in total. The van der Waals surface area contributed by atoms with Gasteiger partial charge in [0.25, 0.3) is 35.7 Å². The molecule has 0 aliphatic heterocycles. The van der Waals surface area contributed by atoms with Gasteiger partial charge in [0.2, 0.25) is 0 Å². The van der Waals surface area contributed by atoms with Crippen LogP contribution in [0.4, 0.5) is 26.3 Å². The summed E-state index contributed by atoms with van der Waals surface area (Å²) in [7, 11) is 0. The summed E-state index contributed by atoms with van der Waals surface area (Å²) in [5.74, 6) is -9.97. The highest BCUT2D eigenvalue weighted by atomic mass is 19.2. The van der Waals surface area contributed by atoms with Gasteiger partial charge >= 0.3 is 0 Å². The lowest BCUT2D eigenvalue weighted by Crippen LogP contribution is -2.05. The van der Waals surface area contributed by atoms with Crippen LogP contribution in [0.5, 0.6) is 0 Å². The molecule has 24 heavy (non-hydrogen) atoms. The van der Waals surface area contributed by atoms with Crippen molar-refractivity contribution in [3.05, 3.63) is 35.7 Å². The minimum atomic E-state index is -1.66. The summed E-state index contributed by atoms with van der Waals surface area (Å²) < 4.78 is 80.2. The second-order valence-corrected chi connectivity index (χ2v) is 4.51. The number of hydrogen-bond acceptors (Lipinski definition) is 6. The van der Waals surface area contributed by atoms with E-state index in [2.05, 4.69) is 29.9 Å². The molecule has 1 aromatic carbocycles. The summed E-state index contributed by atoms with van der Waals surface area (Å²) >= 11 is 0. The molecule has 12 heteroatoms. The van der Waals surface area contributed by atoms with Crippen LogP contribution in [0, 0.1) is 35.7 Å². The van der Waals surface area contributed by atoms with E-state index >= 15 is 0 Å². The van der Waals surface area contributed by atoms with Gasteiger partial charge in [0.05, 0.1) is 0 Å². The highest BCUT2D eigenvalue weighted by Crippen LogP contribution is 2.30. The van der Waals surface area contributed by atoms with Crippen LogP contribution in [0.1, 0.15) is 0 Å². The number of benzene rings is 1. The summed E-state index contributed by atoms with van der Waals surface area (Å²) in [6.45, 7) is 0. The van der Waals surface area contributed by atoms with Crippen LogP contribution in [-0.2, 0) is 0 Å². The molecule has 0 saturated heterocycles. The molecule has 0 bridgehead atoms. The highest BCUT2D eigenvalue weighted by Gasteiger charge is 2.23. The van der Waals surface area contributed by atoms with Crippen molar-refractivity contribution >= 4 is 33.1 Å². The van der Waals surface area contributed by atoms with E-state index in [1.807, 2.05) is 0 Å². The number of hydrogen-bond donors (Lipinski definition) is 0. The molecule has 0 aliphatic rings. The number of nitrogens with zero attached hydrogens (tertiary/aromatic N) is 6. The van der Waals surface area contributed by atoms with Crippen molar-refractivity contribution < 1.29 is 26.3 Å². The van der Waals surface area contributed by atoms with Crippen molar-refractivity contribution in [2.45, 2.75) is 0 Å². The largest absolute Gasteiger partial charge is 0.269 e. The summed E-state index contributed by atoms with van der Waals surface area (Å²) in [6.07, 6.45) is 0. The first-order valence-corrected chi connectivity index (χ1v) is 6.07. The maximum absolute atomic E-state index is 13.4. The highest BCUT2D eigenvalue weighted by molar-refractivity contribution is 6.17. The van der Waals surface area contributed by atoms with Crippen molar-refractivity contribution in [3.8, 4) is 0 Å². The molecular weight excluding hydrogens is 342 g/mol. The second kappa shape index (κ2) is 4.66. The molecule has 0 unspecified atom stereocenters. The number of aromatic nitrogens is 6. The molecule has 0 aliphatic carbocycles. The standard InChI is InChI=1S/C12F6N6/c13-7-8(14)20-2-1(19-7)3-5(22-10(16)9(15)21-3)6-4(2)23-11(17)12(18)24-6. The topological polar surface area (TPSA) is 77.3 Å². The number of halogens is 6. The van der Waals surface area contributed by atoms with Crippen molar-refractivity contribution in [2.24, 2.45) is 0 Å². The Morgan fingerprint density at radius 2 is 0.417 bits per heavy atom. The lowest BCUT2D eigenvalue weighted by molar-refractivity contribution is 0.454. The van der Waals surface area contributed by atoms with E-state index in [9.17, 15) is 26.3 Å². The fraction of sp³-hybridized carbons (Fsp3) is 0. The van der Waals surface area contributed by atoms with Crippen LogP contribution < -0.4 is 0 Å². The molecule has 4 aromatic rings. The molecule has 3 heterocycles. The van der Waals surface area contributed by atoms with Gasteiger partial charge in [-0.25, -0.2) is 29.9 Å². The summed E-state index contributed by atoms with van der Waals surface area (Å²) in [4.78, 5) is 19.2. The van der Waals surface area contributed by atoms with E-state index in [0.717, 1.165) is 0 Å². The van der Waals surface area contributed by atoms with Crippen LogP contribution in [0.25, 0.3) is 33.1 Å². The summed E-state index contributed by atoms with van der Waals surface area (Å²) in [6, 6.07) is 0. The van der Waals surface area contributed by atoms with E-state index in [-0.39, 0.29) is 0 Å². The quantitative estimate of drug-likeness (QED) is 0.361. The van der Waals surface area contributed by atoms with Crippen molar-refractivity contribution in [1.82, 2.24) is 29.9 Å². The Hall–Kier alpha value is -3.18. The van der Waals surface area contributed by atoms with Crippen molar-refractivity contribution in [2.75, 3.05) is 0 Å². The van der Waals surface area contributed by atoms with Crippen molar-refractivity contribution in [3.63, 3.8) is 0 Å². The first-order valence-electron chi connectivity index (χ1n) is 6.07. The molecule has 4 rings (SSSR count). The van der Waals surface area contributed by atoms with Gasteiger partial charge in [0.1, 0.15) is 33.1 Å². The number of rotatable bonds is 0. The second-order valence-electron chi connectivity index (χ2n) is 4.51. The Morgan fingerprint density at radius 1 is 0.292 bits per heavy atom. The Bertz CT molecular complexity index is 913. The molecule has 120 valence electrons. The smallest absolute Gasteiger partial charge is 0.212 e. The van der Waals surface area contributed by atoms with Gasteiger partial charge in [-0.15, -0.1) is 0 Å². The van der Waals surface area contributed by atoms with Gasteiger partial charge < -0.3 is 0 Å². The van der Waals surface area contributed by atoms with Gasteiger partial charge in [-0.05, 0) is 0 Å². The van der Waals surface area contributed by atoms with E-state index < -0.39 is 68.8 Å². The zero-order valence-corrected chi connectivity index (χ0v) is 11.0. The van der Waals surface area contributed by atoms with Crippen LogP contribution in [0.3, 0.4) is 0 Å². The Morgan fingerprint density at radius 3 is 0.542 bits per heavy atom. The predicted molar refractivity (Wildman–Crippen MR) is 65.5 cm³/mol. The summed E-state index contributed by atoms with van der Waals surface area (Å²) in [5, 5.41) is 0. The average Bonchev–Trinajstić information content (AvgIpc) is 2.53. The minimum absolute atomic E-state index is 0.567. The molecule has 0 fully saturated rings. The van der Waals surface area contributed by atoms with E-state index in [4.69, 9.17) is 0 Å². The van der Waals surface area contributed by atoms with Crippen molar-refractivity contribution in [1.29, 1.82) is 0 Å². The van der Waals surface area contributed by atoms with Gasteiger partial charge in [-0.2, -0.15) is 26.3 Å². The molecule has 3 aromatic heterocycles. The van der Waals surface area contributed by atoms with Gasteiger partial charge in [-0.3, -0.25) is 0 Å². The third-order valence-corrected chi connectivity index (χ3v) is 3.12. The molecular formula is C12F6N6. The molecule has 0 saturated carbocycles. The van der Waals surface area contributed by atoms with Crippen LogP contribution in [-0.4, -0.2) is 29.9 Å². The Labute approximate surface area is 126 Å². The zero-order chi connectivity index (χ0) is 17.2. The first kappa shape index (κ1) is 14.4. The SMILES string of the molecule is Fc1nc2c3nc(F)c(F)nc3c3nc(F)c(F)nc3c2nc1F. The van der Waals surface area contributed by atoms with Crippen LogP contribution >= 0.6 is 0 Å².